The van der Waals surface area contributed by atoms with E-state index < -0.39 is 5.92 Å². The summed E-state index contributed by atoms with van der Waals surface area (Å²) in [7, 11) is 0. The van der Waals surface area contributed by atoms with Gasteiger partial charge < -0.3 is 10.2 Å². The Bertz CT molecular complexity index is 951. The number of fused-ring (bicyclic) bond motifs is 1. The van der Waals surface area contributed by atoms with Crippen molar-refractivity contribution in [3.63, 3.8) is 0 Å². The largest absolute Gasteiger partial charge is 0.353 e. The van der Waals surface area contributed by atoms with Crippen LogP contribution >= 0.6 is 11.3 Å². The highest BCUT2D eigenvalue weighted by molar-refractivity contribution is 7.15. The zero-order chi connectivity index (χ0) is 22.8. The molecule has 5 rings (SSSR count). The molecular formula is C25H32F2N4OS. The van der Waals surface area contributed by atoms with Crippen molar-refractivity contribution in [1.82, 2.24) is 15.2 Å². The van der Waals surface area contributed by atoms with Gasteiger partial charge in [-0.25, -0.2) is 13.8 Å². The molecule has 1 amide bonds. The van der Waals surface area contributed by atoms with Crippen LogP contribution in [0.5, 0.6) is 0 Å². The summed E-state index contributed by atoms with van der Waals surface area (Å²) in [5.41, 5.74) is 2.14. The second kappa shape index (κ2) is 9.66. The summed E-state index contributed by atoms with van der Waals surface area (Å²) in [6.07, 6.45) is 7.05. The number of aromatic nitrogens is 1. The van der Waals surface area contributed by atoms with Crippen molar-refractivity contribution >= 4 is 22.4 Å². The van der Waals surface area contributed by atoms with Crippen molar-refractivity contribution in [1.29, 1.82) is 0 Å². The van der Waals surface area contributed by atoms with Gasteiger partial charge in [0.1, 0.15) is 0 Å². The molecule has 1 aliphatic carbocycles. The highest BCUT2D eigenvalue weighted by Gasteiger charge is 2.45. The molecule has 1 saturated heterocycles. The summed E-state index contributed by atoms with van der Waals surface area (Å²) in [5.74, 6) is -1.72. The van der Waals surface area contributed by atoms with Crippen LogP contribution in [0.15, 0.2) is 30.3 Å². The molecule has 0 radical (unpaired) electrons. The normalized spacial score (nSPS) is 24.7. The Hall–Kier alpha value is -2.06. The van der Waals surface area contributed by atoms with Gasteiger partial charge in [0, 0.05) is 24.0 Å². The van der Waals surface area contributed by atoms with Gasteiger partial charge in [0.2, 0.25) is 5.91 Å². The lowest BCUT2D eigenvalue weighted by Gasteiger charge is -2.38. The fraction of sp³-hybridized carbons (Fsp3) is 0.600. The van der Waals surface area contributed by atoms with E-state index in [9.17, 15) is 13.6 Å². The average Bonchev–Trinajstić information content (AvgIpc) is 3.21. The van der Waals surface area contributed by atoms with Crippen LogP contribution in [0, 0.1) is 5.92 Å². The van der Waals surface area contributed by atoms with Crippen LogP contribution in [0.25, 0.3) is 0 Å². The van der Waals surface area contributed by atoms with Crippen LogP contribution in [0.2, 0.25) is 0 Å². The maximum absolute atomic E-state index is 13.2. The number of anilines is 1. The van der Waals surface area contributed by atoms with Gasteiger partial charge in [-0.2, -0.15) is 0 Å². The third-order valence-corrected chi connectivity index (χ3v) is 8.40. The first kappa shape index (κ1) is 22.7. The first-order chi connectivity index (χ1) is 15.9. The lowest BCUT2D eigenvalue weighted by Crippen LogP contribution is -2.56. The third kappa shape index (κ3) is 5.72. The Morgan fingerprint density at radius 3 is 2.64 bits per heavy atom. The number of nitrogens with zero attached hydrogens (tertiary/aromatic N) is 3. The molecule has 0 spiro atoms. The molecule has 8 heteroatoms. The number of hydrogen-bond acceptors (Lipinski definition) is 5. The molecule has 33 heavy (non-hydrogen) atoms. The van der Waals surface area contributed by atoms with Crippen LogP contribution in [-0.2, 0) is 24.2 Å². The van der Waals surface area contributed by atoms with Gasteiger partial charge in [0.05, 0.1) is 25.2 Å². The number of rotatable bonds is 7. The number of hydrogen-bond donors (Lipinski definition) is 1. The van der Waals surface area contributed by atoms with Gasteiger partial charge in [-0.1, -0.05) is 30.3 Å². The number of benzene rings is 1. The van der Waals surface area contributed by atoms with E-state index in [2.05, 4.69) is 15.2 Å². The Kier molecular flexibility index (Phi) is 6.65. The smallest absolute Gasteiger partial charge is 0.282 e. The van der Waals surface area contributed by atoms with Crippen molar-refractivity contribution in [2.45, 2.75) is 63.5 Å². The van der Waals surface area contributed by atoms with Crippen molar-refractivity contribution in [3.05, 3.63) is 46.5 Å². The van der Waals surface area contributed by atoms with E-state index >= 15 is 0 Å². The van der Waals surface area contributed by atoms with Gasteiger partial charge >= 0.3 is 0 Å². The predicted molar refractivity (Wildman–Crippen MR) is 127 cm³/mol. The fourth-order valence-electron chi connectivity index (χ4n) is 5.23. The van der Waals surface area contributed by atoms with Crippen LogP contribution in [-0.4, -0.2) is 53.9 Å². The molecule has 3 aliphatic rings. The van der Waals surface area contributed by atoms with E-state index in [-0.39, 0.29) is 19.0 Å². The standard InChI is InChI=1S/C25H32F2N4OS/c26-25(27)16-31(17-25)24-29-21-15-30(13-11-22(21)33-24)12-10-18-6-8-20(9-7-18)28-23(32)14-19-4-2-1-3-5-19/h1-5,18,20H,6-17H2,(H,28,32). The minimum Gasteiger partial charge on any atom is -0.353 e. The number of thiazole rings is 1. The zero-order valence-electron chi connectivity index (χ0n) is 18.9. The average molecular weight is 475 g/mol. The molecule has 1 aromatic heterocycles. The van der Waals surface area contributed by atoms with E-state index in [1.807, 2.05) is 30.3 Å². The molecule has 2 aliphatic heterocycles. The van der Waals surface area contributed by atoms with Crippen LogP contribution < -0.4 is 10.2 Å². The first-order valence-corrected chi connectivity index (χ1v) is 12.9. The maximum Gasteiger partial charge on any atom is 0.282 e. The Balaban J connectivity index is 1.02. The molecule has 0 atom stereocenters. The first-order valence-electron chi connectivity index (χ1n) is 12.1. The molecule has 2 fully saturated rings. The van der Waals surface area contributed by atoms with E-state index in [0.717, 1.165) is 55.3 Å². The molecule has 5 nitrogen and oxygen atoms in total. The predicted octanol–water partition coefficient (Wildman–Crippen LogP) is 4.26. The summed E-state index contributed by atoms with van der Waals surface area (Å²) in [5, 5.41) is 3.99. The summed E-state index contributed by atoms with van der Waals surface area (Å²) in [6.45, 7) is 2.53. The number of halogens is 2. The van der Waals surface area contributed by atoms with E-state index in [1.54, 1.807) is 16.2 Å². The summed E-state index contributed by atoms with van der Waals surface area (Å²) >= 11 is 1.59. The second-order valence-corrected chi connectivity index (χ2v) is 10.9. The van der Waals surface area contributed by atoms with Crippen molar-refractivity contribution in [2.75, 3.05) is 31.1 Å². The van der Waals surface area contributed by atoms with Gasteiger partial charge in [0.25, 0.3) is 5.92 Å². The number of alkyl halides is 2. The highest BCUT2D eigenvalue weighted by Crippen LogP contribution is 2.37. The molecule has 0 unspecified atom stereocenters. The SMILES string of the molecule is O=C(Cc1ccccc1)NC1CCC(CCN2CCc3sc(N4CC(F)(F)C4)nc3C2)CC1. The minimum atomic E-state index is -2.55. The third-order valence-electron chi connectivity index (χ3n) is 7.18. The molecule has 1 aromatic carbocycles. The van der Waals surface area contributed by atoms with Crippen molar-refractivity contribution in [3.8, 4) is 0 Å². The van der Waals surface area contributed by atoms with Gasteiger partial charge in [-0.05, 0) is 56.6 Å². The van der Waals surface area contributed by atoms with Crippen LogP contribution in [0.4, 0.5) is 13.9 Å². The summed E-state index contributed by atoms with van der Waals surface area (Å²) < 4.78 is 26.4. The monoisotopic (exact) mass is 474 g/mol. The number of carbonyl (C=O) groups is 1. The molecule has 2 aromatic rings. The molecule has 1 N–H and O–H groups in total. The second-order valence-electron chi connectivity index (χ2n) is 9.84. The topological polar surface area (TPSA) is 48.5 Å². The number of amides is 1. The maximum atomic E-state index is 13.2. The molecule has 178 valence electrons. The number of carbonyl (C=O) groups excluding carboxylic acids is 1. The van der Waals surface area contributed by atoms with Crippen molar-refractivity contribution < 1.29 is 13.6 Å². The van der Waals surface area contributed by atoms with E-state index in [0.29, 0.717) is 18.4 Å². The molecule has 3 heterocycles. The van der Waals surface area contributed by atoms with Gasteiger partial charge in [0.15, 0.2) is 5.13 Å². The summed E-state index contributed by atoms with van der Waals surface area (Å²) in [4.78, 5) is 22.4. The highest BCUT2D eigenvalue weighted by atomic mass is 32.1. The lowest BCUT2D eigenvalue weighted by atomic mass is 9.84. The zero-order valence-corrected chi connectivity index (χ0v) is 19.8. The molecule has 1 saturated carbocycles. The Labute approximate surface area is 198 Å². The number of nitrogens with one attached hydrogen (secondary N) is 1. The lowest BCUT2D eigenvalue weighted by molar-refractivity contribution is -0.121. The fourth-order valence-corrected chi connectivity index (χ4v) is 6.29. The molecule has 0 bridgehead atoms. The van der Waals surface area contributed by atoms with E-state index in [1.165, 1.54) is 24.1 Å². The van der Waals surface area contributed by atoms with Gasteiger partial charge in [-0.15, -0.1) is 11.3 Å². The summed E-state index contributed by atoms with van der Waals surface area (Å²) in [6, 6.07) is 10.2. The minimum absolute atomic E-state index is 0.123. The Morgan fingerprint density at radius 2 is 1.91 bits per heavy atom. The van der Waals surface area contributed by atoms with Crippen molar-refractivity contribution in [2.24, 2.45) is 5.92 Å². The quantitative estimate of drug-likeness (QED) is 0.651. The molecular weight excluding hydrogens is 442 g/mol. The van der Waals surface area contributed by atoms with E-state index in [4.69, 9.17) is 0 Å². The van der Waals surface area contributed by atoms with Gasteiger partial charge in [-0.3, -0.25) is 9.69 Å². The van der Waals surface area contributed by atoms with Crippen LogP contribution in [0.3, 0.4) is 0 Å². The van der Waals surface area contributed by atoms with Crippen LogP contribution in [0.1, 0.15) is 48.2 Å². The Morgan fingerprint density at radius 1 is 1.15 bits per heavy atom.